The first-order chi connectivity index (χ1) is 8.11. The Morgan fingerprint density at radius 2 is 2.06 bits per heavy atom. The molecule has 0 aromatic carbocycles. The molecule has 3 nitrogen and oxygen atoms in total. The zero-order valence-electron chi connectivity index (χ0n) is 11.4. The van der Waals surface area contributed by atoms with Crippen LogP contribution in [-0.2, 0) is 4.79 Å². The molecule has 0 aromatic heterocycles. The molecule has 0 aliphatic heterocycles. The van der Waals surface area contributed by atoms with Gasteiger partial charge in [0.1, 0.15) is 0 Å². The lowest BCUT2D eigenvalue weighted by atomic mass is 10.2. The van der Waals surface area contributed by atoms with Crippen LogP contribution in [0, 0.1) is 12.3 Å². The average molecular weight is 238 g/mol. The van der Waals surface area contributed by atoms with Crippen LogP contribution in [-0.4, -0.2) is 24.5 Å². The molecule has 3 heteroatoms. The smallest absolute Gasteiger partial charge is 0.237 e. The van der Waals surface area contributed by atoms with E-state index in [1.165, 1.54) is 0 Å². The van der Waals surface area contributed by atoms with Crippen LogP contribution in [0.4, 0.5) is 0 Å². The fraction of sp³-hybridized carbons (Fsp3) is 0.786. The first-order valence-electron chi connectivity index (χ1n) is 6.59. The summed E-state index contributed by atoms with van der Waals surface area (Å²) in [5.74, 6) is 2.70. The second kappa shape index (κ2) is 10.2. The van der Waals surface area contributed by atoms with E-state index < -0.39 is 0 Å². The number of hydrogen-bond donors (Lipinski definition) is 2. The van der Waals surface area contributed by atoms with Crippen molar-refractivity contribution in [3.8, 4) is 12.3 Å². The highest BCUT2D eigenvalue weighted by molar-refractivity contribution is 5.81. The number of carbonyl (C=O) groups excluding carboxylic acids is 1. The van der Waals surface area contributed by atoms with Crippen LogP contribution < -0.4 is 10.6 Å². The minimum atomic E-state index is -0.125. The summed E-state index contributed by atoms with van der Waals surface area (Å²) in [6, 6.07) is 0.137. The lowest BCUT2D eigenvalue weighted by molar-refractivity contribution is -0.123. The third-order valence-corrected chi connectivity index (χ3v) is 2.70. The number of unbranched alkanes of at least 4 members (excludes halogenated alkanes) is 2. The van der Waals surface area contributed by atoms with Crippen molar-refractivity contribution in [3.05, 3.63) is 0 Å². The molecule has 0 rings (SSSR count). The van der Waals surface area contributed by atoms with Gasteiger partial charge >= 0.3 is 0 Å². The summed E-state index contributed by atoms with van der Waals surface area (Å²) < 4.78 is 0. The van der Waals surface area contributed by atoms with Gasteiger partial charge in [-0.25, -0.2) is 0 Å². The van der Waals surface area contributed by atoms with E-state index >= 15 is 0 Å². The van der Waals surface area contributed by atoms with Gasteiger partial charge in [0.05, 0.1) is 6.04 Å². The van der Waals surface area contributed by atoms with E-state index in [1.54, 1.807) is 0 Å². The van der Waals surface area contributed by atoms with Crippen molar-refractivity contribution in [2.75, 3.05) is 6.54 Å². The van der Waals surface area contributed by atoms with Gasteiger partial charge in [-0.05, 0) is 39.7 Å². The number of amides is 1. The maximum atomic E-state index is 11.7. The third-order valence-electron chi connectivity index (χ3n) is 2.70. The maximum absolute atomic E-state index is 11.7. The van der Waals surface area contributed by atoms with Crippen LogP contribution in [0.1, 0.15) is 52.9 Å². The highest BCUT2D eigenvalue weighted by Crippen LogP contribution is 1.96. The van der Waals surface area contributed by atoms with Crippen molar-refractivity contribution in [1.82, 2.24) is 10.6 Å². The molecular weight excluding hydrogens is 212 g/mol. The van der Waals surface area contributed by atoms with Gasteiger partial charge in [-0.15, -0.1) is 12.3 Å². The Morgan fingerprint density at radius 1 is 1.35 bits per heavy atom. The molecule has 0 heterocycles. The largest absolute Gasteiger partial charge is 0.352 e. The summed E-state index contributed by atoms with van der Waals surface area (Å²) in [6.45, 7) is 6.91. The molecule has 0 saturated carbocycles. The quantitative estimate of drug-likeness (QED) is 0.477. The van der Waals surface area contributed by atoms with Crippen LogP contribution in [0.25, 0.3) is 0 Å². The summed E-state index contributed by atoms with van der Waals surface area (Å²) in [5.41, 5.74) is 0. The van der Waals surface area contributed by atoms with Crippen molar-refractivity contribution in [1.29, 1.82) is 0 Å². The van der Waals surface area contributed by atoms with E-state index in [0.717, 1.165) is 38.6 Å². The molecule has 0 bridgehead atoms. The standard InChI is InChI=1S/C14H26N2O/c1-5-7-8-9-11-15-13(4)14(17)16-12(3)10-6-2/h1,12-13,15H,6-11H2,2-4H3,(H,16,17). The highest BCUT2D eigenvalue weighted by atomic mass is 16.2. The van der Waals surface area contributed by atoms with Crippen molar-refractivity contribution >= 4 is 5.91 Å². The summed E-state index contributed by atoms with van der Waals surface area (Å²) >= 11 is 0. The van der Waals surface area contributed by atoms with E-state index in [0.29, 0.717) is 0 Å². The van der Waals surface area contributed by atoms with Gasteiger partial charge in [-0.2, -0.15) is 0 Å². The normalized spacial score (nSPS) is 13.8. The molecule has 0 aliphatic rings. The highest BCUT2D eigenvalue weighted by Gasteiger charge is 2.13. The predicted molar refractivity (Wildman–Crippen MR) is 72.7 cm³/mol. The molecule has 2 N–H and O–H groups in total. The van der Waals surface area contributed by atoms with E-state index in [-0.39, 0.29) is 18.0 Å². The molecule has 17 heavy (non-hydrogen) atoms. The van der Waals surface area contributed by atoms with Crippen LogP contribution in [0.15, 0.2) is 0 Å². The van der Waals surface area contributed by atoms with Crippen LogP contribution >= 0.6 is 0 Å². The van der Waals surface area contributed by atoms with Crippen molar-refractivity contribution in [2.24, 2.45) is 0 Å². The molecule has 0 fully saturated rings. The first-order valence-corrected chi connectivity index (χ1v) is 6.59. The van der Waals surface area contributed by atoms with Gasteiger partial charge < -0.3 is 10.6 Å². The zero-order valence-corrected chi connectivity index (χ0v) is 11.4. The second-order valence-corrected chi connectivity index (χ2v) is 4.54. The van der Waals surface area contributed by atoms with Gasteiger partial charge in [-0.3, -0.25) is 4.79 Å². The molecule has 2 atom stereocenters. The third kappa shape index (κ3) is 8.76. The molecule has 1 amide bonds. The van der Waals surface area contributed by atoms with Gasteiger partial charge in [0.25, 0.3) is 0 Å². The molecule has 0 aromatic rings. The maximum Gasteiger partial charge on any atom is 0.237 e. The lowest BCUT2D eigenvalue weighted by Crippen LogP contribution is -2.45. The Hall–Kier alpha value is -1.01. The SMILES string of the molecule is C#CCCCCNC(C)C(=O)NC(C)CCC. The number of rotatable bonds is 9. The van der Waals surface area contributed by atoms with E-state index in [9.17, 15) is 4.79 Å². The summed E-state index contributed by atoms with van der Waals surface area (Å²) in [4.78, 5) is 11.7. The second-order valence-electron chi connectivity index (χ2n) is 4.54. The van der Waals surface area contributed by atoms with Crippen molar-refractivity contribution < 1.29 is 4.79 Å². The monoisotopic (exact) mass is 238 g/mol. The van der Waals surface area contributed by atoms with Crippen molar-refractivity contribution in [2.45, 2.75) is 65.0 Å². The molecular formula is C14H26N2O. The van der Waals surface area contributed by atoms with Gasteiger partial charge in [0.2, 0.25) is 5.91 Å². The first kappa shape index (κ1) is 16.0. The van der Waals surface area contributed by atoms with Gasteiger partial charge in [0, 0.05) is 12.5 Å². The zero-order chi connectivity index (χ0) is 13.1. The Kier molecular flexibility index (Phi) is 9.56. The molecule has 2 unspecified atom stereocenters. The van der Waals surface area contributed by atoms with Crippen LogP contribution in [0.2, 0.25) is 0 Å². The van der Waals surface area contributed by atoms with E-state index in [1.807, 2.05) is 13.8 Å². The van der Waals surface area contributed by atoms with Gasteiger partial charge in [-0.1, -0.05) is 13.3 Å². The number of terminal acetylenes is 1. The Labute approximate surface area is 106 Å². The Morgan fingerprint density at radius 3 is 2.65 bits per heavy atom. The molecule has 0 aliphatic carbocycles. The van der Waals surface area contributed by atoms with E-state index in [4.69, 9.17) is 6.42 Å². The molecule has 0 spiro atoms. The number of carbonyl (C=O) groups is 1. The number of nitrogens with one attached hydrogen (secondary N) is 2. The molecule has 98 valence electrons. The molecule has 0 radical (unpaired) electrons. The van der Waals surface area contributed by atoms with Crippen LogP contribution in [0.5, 0.6) is 0 Å². The Bertz CT molecular complexity index is 245. The number of hydrogen-bond acceptors (Lipinski definition) is 2. The molecule has 0 saturated heterocycles. The minimum Gasteiger partial charge on any atom is -0.352 e. The fourth-order valence-corrected chi connectivity index (χ4v) is 1.64. The fourth-order valence-electron chi connectivity index (χ4n) is 1.64. The Balaban J connectivity index is 3.64. The summed E-state index contributed by atoms with van der Waals surface area (Å²) in [7, 11) is 0. The topological polar surface area (TPSA) is 41.1 Å². The van der Waals surface area contributed by atoms with Crippen LogP contribution in [0.3, 0.4) is 0 Å². The van der Waals surface area contributed by atoms with E-state index in [2.05, 4.69) is 23.5 Å². The van der Waals surface area contributed by atoms with Crippen molar-refractivity contribution in [3.63, 3.8) is 0 Å². The summed E-state index contributed by atoms with van der Waals surface area (Å²) in [6.07, 6.45) is 10.1. The average Bonchev–Trinajstić information content (AvgIpc) is 2.28. The predicted octanol–water partition coefficient (Wildman–Crippen LogP) is 2.07. The minimum absolute atomic E-state index is 0.0860. The summed E-state index contributed by atoms with van der Waals surface area (Å²) in [5, 5.41) is 6.21. The van der Waals surface area contributed by atoms with Gasteiger partial charge in [0.15, 0.2) is 0 Å². The lowest BCUT2D eigenvalue weighted by Gasteiger charge is -2.18.